The number of Topliss-reactive ketones (excluding diaryl/α,β-unsaturated/α-hetero) is 1. The standard InChI is InChI=1S/C9H9N5O/c15-8-2-1-7(14-4-3-10-13-14)9-6(8)5-11-12-9/h3-5,7H,1-2H2,(H,11,12). The molecule has 0 aliphatic heterocycles. The van der Waals surface area contributed by atoms with Gasteiger partial charge in [-0.1, -0.05) is 5.21 Å². The van der Waals surface area contributed by atoms with Crippen molar-refractivity contribution in [1.82, 2.24) is 25.2 Å². The number of aromatic nitrogens is 5. The number of nitrogens with one attached hydrogen (secondary N) is 1. The van der Waals surface area contributed by atoms with Crippen LogP contribution in [-0.4, -0.2) is 31.0 Å². The van der Waals surface area contributed by atoms with E-state index in [2.05, 4.69) is 20.5 Å². The van der Waals surface area contributed by atoms with Gasteiger partial charge in [-0.15, -0.1) is 5.10 Å². The van der Waals surface area contributed by atoms with Crippen molar-refractivity contribution in [3.63, 3.8) is 0 Å². The van der Waals surface area contributed by atoms with Crippen LogP contribution in [0.4, 0.5) is 0 Å². The van der Waals surface area contributed by atoms with Gasteiger partial charge < -0.3 is 0 Å². The van der Waals surface area contributed by atoms with Gasteiger partial charge in [-0.25, -0.2) is 4.68 Å². The number of hydrogen-bond donors (Lipinski definition) is 1. The molecule has 1 aliphatic carbocycles. The lowest BCUT2D eigenvalue weighted by molar-refractivity contribution is 0.0963. The first-order valence-electron chi connectivity index (χ1n) is 4.78. The van der Waals surface area contributed by atoms with E-state index in [0.717, 1.165) is 12.1 Å². The number of H-pyrrole nitrogens is 1. The smallest absolute Gasteiger partial charge is 0.166 e. The number of aromatic amines is 1. The Labute approximate surface area is 85.3 Å². The summed E-state index contributed by atoms with van der Waals surface area (Å²) in [4.78, 5) is 11.6. The molecule has 0 radical (unpaired) electrons. The fourth-order valence-corrected chi connectivity index (χ4v) is 1.97. The molecule has 15 heavy (non-hydrogen) atoms. The molecule has 0 aromatic carbocycles. The summed E-state index contributed by atoms with van der Waals surface area (Å²) < 4.78 is 1.75. The second kappa shape index (κ2) is 3.01. The molecular weight excluding hydrogens is 194 g/mol. The van der Waals surface area contributed by atoms with Gasteiger partial charge in [0.25, 0.3) is 0 Å². The molecule has 0 fully saturated rings. The maximum Gasteiger partial charge on any atom is 0.166 e. The maximum atomic E-state index is 11.6. The zero-order valence-electron chi connectivity index (χ0n) is 7.92. The molecule has 1 atom stereocenters. The lowest BCUT2D eigenvalue weighted by Crippen LogP contribution is -2.21. The molecule has 1 N–H and O–H groups in total. The highest BCUT2D eigenvalue weighted by atomic mass is 16.1. The molecule has 0 saturated carbocycles. The first-order chi connectivity index (χ1) is 7.36. The van der Waals surface area contributed by atoms with Crippen LogP contribution in [0.25, 0.3) is 0 Å². The molecule has 0 saturated heterocycles. The van der Waals surface area contributed by atoms with Crippen LogP contribution in [0.15, 0.2) is 18.6 Å². The minimum atomic E-state index is 0.0581. The van der Waals surface area contributed by atoms with Crippen LogP contribution in [-0.2, 0) is 0 Å². The summed E-state index contributed by atoms with van der Waals surface area (Å²) in [5, 5.41) is 14.5. The van der Waals surface area contributed by atoms with E-state index < -0.39 is 0 Å². The average Bonchev–Trinajstić information content (AvgIpc) is 2.88. The van der Waals surface area contributed by atoms with E-state index in [0.29, 0.717) is 12.0 Å². The number of nitrogens with zero attached hydrogens (tertiary/aromatic N) is 4. The summed E-state index contributed by atoms with van der Waals surface area (Å²) in [7, 11) is 0. The largest absolute Gasteiger partial charge is 0.294 e. The highest BCUT2D eigenvalue weighted by Gasteiger charge is 2.28. The molecule has 6 nitrogen and oxygen atoms in total. The maximum absolute atomic E-state index is 11.6. The minimum absolute atomic E-state index is 0.0581. The van der Waals surface area contributed by atoms with Crippen LogP contribution in [0, 0.1) is 0 Å². The molecule has 76 valence electrons. The van der Waals surface area contributed by atoms with Crippen molar-refractivity contribution in [2.45, 2.75) is 18.9 Å². The van der Waals surface area contributed by atoms with Gasteiger partial charge >= 0.3 is 0 Å². The third-order valence-electron chi connectivity index (χ3n) is 2.71. The molecule has 1 aliphatic rings. The lowest BCUT2D eigenvalue weighted by Gasteiger charge is -2.20. The van der Waals surface area contributed by atoms with Crippen LogP contribution in [0.2, 0.25) is 0 Å². The van der Waals surface area contributed by atoms with E-state index in [-0.39, 0.29) is 11.8 Å². The molecule has 2 aromatic rings. The van der Waals surface area contributed by atoms with E-state index in [1.54, 1.807) is 23.3 Å². The normalized spacial score (nSPS) is 20.3. The van der Waals surface area contributed by atoms with Crippen molar-refractivity contribution in [3.8, 4) is 0 Å². The second-order valence-corrected chi connectivity index (χ2v) is 3.56. The Morgan fingerprint density at radius 1 is 1.53 bits per heavy atom. The Morgan fingerprint density at radius 2 is 2.47 bits per heavy atom. The van der Waals surface area contributed by atoms with Crippen LogP contribution >= 0.6 is 0 Å². The van der Waals surface area contributed by atoms with Gasteiger partial charge in [0.1, 0.15) is 0 Å². The van der Waals surface area contributed by atoms with E-state index in [4.69, 9.17) is 0 Å². The Morgan fingerprint density at radius 3 is 3.27 bits per heavy atom. The van der Waals surface area contributed by atoms with E-state index in [9.17, 15) is 4.79 Å². The lowest BCUT2D eigenvalue weighted by atomic mass is 9.93. The molecule has 3 rings (SSSR count). The van der Waals surface area contributed by atoms with Crippen molar-refractivity contribution >= 4 is 5.78 Å². The second-order valence-electron chi connectivity index (χ2n) is 3.56. The zero-order chi connectivity index (χ0) is 10.3. The quantitative estimate of drug-likeness (QED) is 0.735. The van der Waals surface area contributed by atoms with Crippen molar-refractivity contribution < 1.29 is 4.79 Å². The van der Waals surface area contributed by atoms with Gasteiger partial charge in [-0.2, -0.15) is 5.10 Å². The molecule has 0 bridgehead atoms. The number of hydrogen-bond acceptors (Lipinski definition) is 4. The first kappa shape index (κ1) is 8.34. The summed E-state index contributed by atoms with van der Waals surface area (Å²) in [5.41, 5.74) is 1.53. The summed E-state index contributed by atoms with van der Waals surface area (Å²) in [6.45, 7) is 0. The summed E-state index contributed by atoms with van der Waals surface area (Å²) in [5.74, 6) is 0.148. The highest BCUT2D eigenvalue weighted by molar-refractivity contribution is 5.98. The Balaban J connectivity index is 2.08. The van der Waals surface area contributed by atoms with Crippen molar-refractivity contribution in [1.29, 1.82) is 0 Å². The molecule has 0 spiro atoms. The van der Waals surface area contributed by atoms with Gasteiger partial charge in [0.05, 0.1) is 29.7 Å². The Bertz CT molecular complexity index is 486. The predicted molar refractivity (Wildman–Crippen MR) is 50.3 cm³/mol. The van der Waals surface area contributed by atoms with Gasteiger partial charge in [-0.3, -0.25) is 9.89 Å². The monoisotopic (exact) mass is 203 g/mol. The van der Waals surface area contributed by atoms with Gasteiger partial charge in [-0.05, 0) is 6.42 Å². The first-order valence-corrected chi connectivity index (χ1v) is 4.78. The fourth-order valence-electron chi connectivity index (χ4n) is 1.97. The number of fused-ring (bicyclic) bond motifs is 1. The van der Waals surface area contributed by atoms with Crippen LogP contribution in [0.3, 0.4) is 0 Å². The Kier molecular flexibility index (Phi) is 1.67. The molecule has 1 unspecified atom stereocenters. The SMILES string of the molecule is O=C1CCC(n2ccnn2)c2[nH]ncc21. The Hall–Kier alpha value is -1.98. The number of carbonyl (C=O) groups excluding carboxylic acids is 1. The topological polar surface area (TPSA) is 76.5 Å². The third kappa shape index (κ3) is 1.18. The summed E-state index contributed by atoms with van der Waals surface area (Å²) >= 11 is 0. The number of ketones is 1. The highest BCUT2D eigenvalue weighted by Crippen LogP contribution is 2.29. The average molecular weight is 203 g/mol. The number of carbonyl (C=O) groups is 1. The molecular formula is C9H9N5O. The fraction of sp³-hybridized carbons (Fsp3) is 0.333. The third-order valence-corrected chi connectivity index (χ3v) is 2.71. The minimum Gasteiger partial charge on any atom is -0.294 e. The van der Waals surface area contributed by atoms with E-state index in [1.807, 2.05) is 0 Å². The number of rotatable bonds is 1. The van der Waals surface area contributed by atoms with Crippen LogP contribution in [0.5, 0.6) is 0 Å². The molecule has 2 heterocycles. The van der Waals surface area contributed by atoms with E-state index >= 15 is 0 Å². The van der Waals surface area contributed by atoms with Crippen molar-refractivity contribution in [2.24, 2.45) is 0 Å². The van der Waals surface area contributed by atoms with Gasteiger partial charge in [0.15, 0.2) is 5.78 Å². The molecule has 0 amide bonds. The van der Waals surface area contributed by atoms with Gasteiger partial charge in [0.2, 0.25) is 0 Å². The molecule has 6 heteroatoms. The molecule has 2 aromatic heterocycles. The van der Waals surface area contributed by atoms with Crippen molar-refractivity contribution in [3.05, 3.63) is 29.8 Å². The summed E-state index contributed by atoms with van der Waals surface area (Å²) in [6, 6.07) is 0.0581. The van der Waals surface area contributed by atoms with E-state index in [1.165, 1.54) is 0 Å². The van der Waals surface area contributed by atoms with Crippen LogP contribution in [0.1, 0.15) is 34.9 Å². The van der Waals surface area contributed by atoms with Gasteiger partial charge in [0, 0.05) is 12.6 Å². The zero-order valence-corrected chi connectivity index (χ0v) is 7.92. The predicted octanol–water partition coefficient (Wildman–Crippen LogP) is 0.567. The van der Waals surface area contributed by atoms with Crippen molar-refractivity contribution in [2.75, 3.05) is 0 Å². The van der Waals surface area contributed by atoms with Crippen LogP contribution < -0.4 is 0 Å². The summed E-state index contributed by atoms with van der Waals surface area (Å²) in [6.07, 6.45) is 6.30.